The summed E-state index contributed by atoms with van der Waals surface area (Å²) in [7, 11) is 0. The highest BCUT2D eigenvalue weighted by molar-refractivity contribution is 5.76. The van der Waals surface area contributed by atoms with Crippen LogP contribution < -0.4 is 0 Å². The molecule has 1 rings (SSSR count). The van der Waals surface area contributed by atoms with E-state index >= 15 is 0 Å². The maximum atomic E-state index is 11.0. The Morgan fingerprint density at radius 1 is 1.11 bits per heavy atom. The van der Waals surface area contributed by atoms with Crippen molar-refractivity contribution in [3.63, 3.8) is 0 Å². The zero-order valence-corrected chi connectivity index (χ0v) is 10.9. The van der Waals surface area contributed by atoms with E-state index in [1.54, 1.807) is 0 Å². The summed E-state index contributed by atoms with van der Waals surface area (Å²) in [6, 6.07) is 9.24. The van der Waals surface area contributed by atoms with Gasteiger partial charge >= 0.3 is 11.9 Å². The number of carbonyl (C=O) groups is 2. The van der Waals surface area contributed by atoms with Gasteiger partial charge < -0.3 is 9.84 Å². The van der Waals surface area contributed by atoms with Crippen LogP contribution in [0.25, 0.3) is 0 Å². The number of carboxylic acids is 1. The first kappa shape index (κ1) is 16.2. The maximum Gasteiger partial charge on any atom is 0.306 e. The van der Waals surface area contributed by atoms with Crippen molar-refractivity contribution in [3.05, 3.63) is 35.9 Å². The largest absolute Gasteiger partial charge is 0.481 e. The van der Waals surface area contributed by atoms with Crippen LogP contribution in [0.1, 0.15) is 38.7 Å². The van der Waals surface area contributed by atoms with Crippen LogP contribution in [0.15, 0.2) is 30.3 Å². The van der Waals surface area contributed by atoms with Crippen molar-refractivity contribution >= 4 is 11.9 Å². The molecule has 1 aromatic carbocycles. The lowest BCUT2D eigenvalue weighted by atomic mass is 10.2. The van der Waals surface area contributed by atoms with Crippen molar-refractivity contribution in [2.45, 2.75) is 39.7 Å². The van der Waals surface area contributed by atoms with Crippen LogP contribution in [0, 0.1) is 0 Å². The summed E-state index contributed by atoms with van der Waals surface area (Å²) in [5.41, 5.74) is 0.890. The number of hydrogen-bond donors (Lipinski definition) is 1. The second-order valence-electron chi connectivity index (χ2n) is 3.75. The van der Waals surface area contributed by atoms with Crippen molar-refractivity contribution in [1.29, 1.82) is 0 Å². The van der Waals surface area contributed by atoms with E-state index in [2.05, 4.69) is 13.8 Å². The molecule has 4 nitrogen and oxygen atoms in total. The lowest BCUT2D eigenvalue weighted by molar-refractivity contribution is -0.148. The van der Waals surface area contributed by atoms with Gasteiger partial charge in [0, 0.05) is 0 Å². The highest BCUT2D eigenvalue weighted by Crippen LogP contribution is 2.02. The summed E-state index contributed by atoms with van der Waals surface area (Å²) in [6.45, 7) is 4.44. The molecule has 4 heteroatoms. The van der Waals surface area contributed by atoms with Crippen LogP contribution >= 0.6 is 0 Å². The molecule has 0 saturated heterocycles. The summed E-state index contributed by atoms with van der Waals surface area (Å²) >= 11 is 0. The zero-order chi connectivity index (χ0) is 13.8. The number of rotatable bonds is 5. The van der Waals surface area contributed by atoms with Crippen LogP contribution in [0.3, 0.4) is 0 Å². The monoisotopic (exact) mass is 252 g/mol. The standard InChI is InChI=1S/C11H12O4.C3H8/c12-10(13)6-7-11(14)15-8-9-4-2-1-3-5-9;1-3-2/h1-5H,6-8H2,(H,12,13);3H2,1-2H3. The summed E-state index contributed by atoms with van der Waals surface area (Å²) < 4.78 is 4.88. The van der Waals surface area contributed by atoms with E-state index in [1.807, 2.05) is 30.3 Å². The van der Waals surface area contributed by atoms with Gasteiger partial charge in [0.25, 0.3) is 0 Å². The third-order valence-electron chi connectivity index (χ3n) is 1.79. The van der Waals surface area contributed by atoms with E-state index in [0.717, 1.165) is 5.56 Å². The van der Waals surface area contributed by atoms with Crippen molar-refractivity contribution in [3.8, 4) is 0 Å². The third-order valence-corrected chi connectivity index (χ3v) is 1.79. The molecule has 0 atom stereocenters. The molecule has 0 heterocycles. The normalized spacial score (nSPS) is 9.00. The molecule has 0 saturated carbocycles. The van der Waals surface area contributed by atoms with E-state index in [9.17, 15) is 9.59 Å². The first-order valence-electron chi connectivity index (χ1n) is 6.01. The Labute approximate surface area is 108 Å². The SMILES string of the molecule is CCC.O=C(O)CCC(=O)OCc1ccccc1. The lowest BCUT2D eigenvalue weighted by Crippen LogP contribution is -2.07. The predicted octanol–water partition coefficient (Wildman–Crippen LogP) is 3.01. The molecular formula is C14H20O4. The summed E-state index contributed by atoms with van der Waals surface area (Å²) in [5, 5.41) is 8.34. The molecule has 0 amide bonds. The smallest absolute Gasteiger partial charge is 0.306 e. The molecule has 0 aliphatic carbocycles. The lowest BCUT2D eigenvalue weighted by Gasteiger charge is -2.03. The molecule has 0 aromatic heterocycles. The molecule has 18 heavy (non-hydrogen) atoms. The quantitative estimate of drug-likeness (QED) is 0.818. The van der Waals surface area contributed by atoms with Crippen molar-refractivity contribution in [2.24, 2.45) is 0 Å². The highest BCUT2D eigenvalue weighted by Gasteiger charge is 2.06. The van der Waals surface area contributed by atoms with Gasteiger partial charge in [0.15, 0.2) is 0 Å². The minimum atomic E-state index is -0.994. The molecule has 0 bridgehead atoms. The van der Waals surface area contributed by atoms with Crippen LogP contribution in [0.4, 0.5) is 0 Å². The highest BCUT2D eigenvalue weighted by atomic mass is 16.5. The second-order valence-corrected chi connectivity index (χ2v) is 3.75. The predicted molar refractivity (Wildman–Crippen MR) is 69.1 cm³/mol. The Hall–Kier alpha value is -1.84. The average Bonchev–Trinajstić information content (AvgIpc) is 2.36. The zero-order valence-electron chi connectivity index (χ0n) is 10.9. The fourth-order valence-corrected chi connectivity index (χ4v) is 1.02. The average molecular weight is 252 g/mol. The Kier molecular flexibility index (Phi) is 9.27. The minimum absolute atomic E-state index is 0.0812. The molecule has 0 radical (unpaired) electrons. The van der Waals surface area contributed by atoms with E-state index in [-0.39, 0.29) is 19.4 Å². The fourth-order valence-electron chi connectivity index (χ4n) is 1.02. The maximum absolute atomic E-state index is 11.0. The molecule has 0 fully saturated rings. The number of ether oxygens (including phenoxy) is 1. The molecule has 1 aromatic rings. The number of carbonyl (C=O) groups excluding carboxylic acids is 1. The molecular weight excluding hydrogens is 232 g/mol. The molecule has 0 spiro atoms. The van der Waals surface area contributed by atoms with Gasteiger partial charge in [0.05, 0.1) is 12.8 Å². The van der Waals surface area contributed by atoms with Gasteiger partial charge in [0.2, 0.25) is 0 Å². The van der Waals surface area contributed by atoms with Crippen LogP contribution in [-0.2, 0) is 20.9 Å². The molecule has 0 aliphatic heterocycles. The summed E-state index contributed by atoms with van der Waals surface area (Å²) in [5.74, 6) is -1.48. The first-order valence-corrected chi connectivity index (χ1v) is 6.01. The van der Waals surface area contributed by atoms with Gasteiger partial charge in [-0.05, 0) is 5.56 Å². The molecule has 0 unspecified atom stereocenters. The van der Waals surface area contributed by atoms with Crippen LogP contribution in [0.2, 0.25) is 0 Å². The van der Waals surface area contributed by atoms with Gasteiger partial charge in [0.1, 0.15) is 6.61 Å². The number of carboxylic acid groups (broad SMARTS) is 1. The van der Waals surface area contributed by atoms with Gasteiger partial charge in [-0.25, -0.2) is 0 Å². The van der Waals surface area contributed by atoms with Crippen LogP contribution in [-0.4, -0.2) is 17.0 Å². The van der Waals surface area contributed by atoms with Gasteiger partial charge in [-0.15, -0.1) is 0 Å². The van der Waals surface area contributed by atoms with Gasteiger partial charge in [-0.2, -0.15) is 0 Å². The topological polar surface area (TPSA) is 63.6 Å². The Morgan fingerprint density at radius 2 is 1.67 bits per heavy atom. The Morgan fingerprint density at radius 3 is 2.17 bits per heavy atom. The van der Waals surface area contributed by atoms with E-state index in [4.69, 9.17) is 9.84 Å². The number of aliphatic carboxylic acids is 1. The molecule has 1 N–H and O–H groups in total. The minimum Gasteiger partial charge on any atom is -0.481 e. The van der Waals surface area contributed by atoms with Crippen molar-refractivity contribution in [1.82, 2.24) is 0 Å². The van der Waals surface area contributed by atoms with E-state index in [1.165, 1.54) is 6.42 Å². The van der Waals surface area contributed by atoms with Gasteiger partial charge in [-0.1, -0.05) is 50.6 Å². The number of hydrogen-bond acceptors (Lipinski definition) is 3. The van der Waals surface area contributed by atoms with Gasteiger partial charge in [-0.3, -0.25) is 9.59 Å². The first-order chi connectivity index (χ1) is 8.60. The fraction of sp³-hybridized carbons (Fsp3) is 0.429. The third kappa shape index (κ3) is 9.39. The van der Waals surface area contributed by atoms with Crippen molar-refractivity contribution < 1.29 is 19.4 Å². The van der Waals surface area contributed by atoms with Crippen molar-refractivity contribution in [2.75, 3.05) is 0 Å². The number of benzene rings is 1. The Bertz CT molecular complexity index is 346. The Balaban J connectivity index is 0.000000873. The molecule has 100 valence electrons. The summed E-state index contributed by atoms with van der Waals surface area (Å²) in [4.78, 5) is 21.2. The number of esters is 1. The summed E-state index contributed by atoms with van der Waals surface area (Å²) in [6.07, 6.45) is 0.982. The van der Waals surface area contributed by atoms with E-state index in [0.29, 0.717) is 0 Å². The molecule has 0 aliphatic rings. The van der Waals surface area contributed by atoms with Crippen LogP contribution in [0.5, 0.6) is 0 Å². The second kappa shape index (κ2) is 10.3. The van der Waals surface area contributed by atoms with E-state index < -0.39 is 11.9 Å².